The normalized spacial score (nSPS) is 11.1. The van der Waals surface area contributed by atoms with Gasteiger partial charge in [0.25, 0.3) is 5.82 Å². The van der Waals surface area contributed by atoms with Crippen LogP contribution in [-0.4, -0.2) is 21.9 Å². The number of H-pyrrole nitrogens is 1. The number of hydrogen-bond acceptors (Lipinski definition) is 2. The van der Waals surface area contributed by atoms with Crippen molar-refractivity contribution in [1.29, 1.82) is 0 Å². The maximum absolute atomic E-state index is 4.63. The second-order valence-electron chi connectivity index (χ2n) is 10.3. The molecule has 0 aliphatic rings. The molecule has 2 aromatic heterocycles. The lowest BCUT2D eigenvalue weighted by atomic mass is 9.34. The first-order valence-corrected chi connectivity index (χ1v) is 12.9. The molecule has 184 valence electrons. The lowest BCUT2D eigenvalue weighted by Crippen LogP contribution is -2.55. The van der Waals surface area contributed by atoms with Crippen molar-refractivity contribution in [3.63, 3.8) is 0 Å². The lowest BCUT2D eigenvalue weighted by Gasteiger charge is -2.24. The molecule has 4 nitrogen and oxygen atoms in total. The van der Waals surface area contributed by atoms with Crippen LogP contribution < -0.4 is 21.0 Å². The van der Waals surface area contributed by atoms with E-state index in [0.717, 1.165) is 22.9 Å². The predicted octanol–water partition coefficient (Wildman–Crippen LogP) is 4.33. The van der Waals surface area contributed by atoms with Crippen LogP contribution in [0.4, 0.5) is 0 Å². The highest BCUT2D eigenvalue weighted by molar-refractivity contribution is 6.96. The van der Waals surface area contributed by atoms with Gasteiger partial charge in [-0.05, 0) is 65.8 Å². The Balaban J connectivity index is 1.63. The van der Waals surface area contributed by atoms with Gasteiger partial charge < -0.3 is 0 Å². The molecule has 0 saturated heterocycles. The molecular formula is C32H34BN4+. The number of nitrogens with zero attached hydrogens (tertiary/aromatic N) is 3. The number of aromatic nitrogens is 4. The first kappa shape index (κ1) is 24.7. The van der Waals surface area contributed by atoms with E-state index in [4.69, 9.17) is 0 Å². The Morgan fingerprint density at radius 1 is 0.703 bits per heavy atom. The average Bonchev–Trinajstić information content (AvgIpc) is 3.24. The SMILES string of the molecule is Cc1cc(C)c(B(c2ccc(-c3n[nH]c(-c4ccccn4)[n+]3C)cc2)c2c(C)cc(C)cc2C)c(C)c1. The van der Waals surface area contributed by atoms with Crippen LogP contribution >= 0.6 is 0 Å². The summed E-state index contributed by atoms with van der Waals surface area (Å²) in [5.41, 5.74) is 14.0. The Morgan fingerprint density at radius 3 is 1.73 bits per heavy atom. The van der Waals surface area contributed by atoms with Crippen LogP contribution in [0, 0.1) is 41.5 Å². The molecule has 1 N–H and O–H groups in total. The molecule has 0 spiro atoms. The van der Waals surface area contributed by atoms with Crippen LogP contribution in [0.3, 0.4) is 0 Å². The first-order chi connectivity index (χ1) is 17.7. The van der Waals surface area contributed by atoms with Crippen molar-refractivity contribution in [2.24, 2.45) is 7.05 Å². The summed E-state index contributed by atoms with van der Waals surface area (Å²) in [4.78, 5) is 4.47. The van der Waals surface area contributed by atoms with Gasteiger partial charge in [0.15, 0.2) is 0 Å². The number of hydrogen-bond donors (Lipinski definition) is 1. The zero-order valence-electron chi connectivity index (χ0n) is 22.8. The van der Waals surface area contributed by atoms with Crippen molar-refractivity contribution in [2.75, 3.05) is 0 Å². The number of aromatic amines is 1. The zero-order chi connectivity index (χ0) is 26.3. The van der Waals surface area contributed by atoms with E-state index >= 15 is 0 Å². The third kappa shape index (κ3) is 4.62. The fraction of sp³-hybridized carbons (Fsp3) is 0.219. The summed E-state index contributed by atoms with van der Waals surface area (Å²) < 4.78 is 2.07. The molecule has 0 fully saturated rings. The molecule has 0 bridgehead atoms. The van der Waals surface area contributed by atoms with E-state index in [-0.39, 0.29) is 6.71 Å². The minimum Gasteiger partial charge on any atom is -0.250 e. The van der Waals surface area contributed by atoms with Gasteiger partial charge in [0, 0.05) is 11.3 Å². The number of benzene rings is 3. The van der Waals surface area contributed by atoms with Crippen molar-refractivity contribution < 1.29 is 4.57 Å². The molecule has 0 saturated carbocycles. The Bertz CT molecular complexity index is 1480. The highest BCUT2D eigenvalue weighted by Crippen LogP contribution is 2.17. The number of aryl methyl sites for hydroxylation is 6. The standard InChI is InChI=1S/C32H33BN4/c1-20-16-22(3)29(23(4)17-20)33(30-24(5)18-21(2)19-25(30)6)27-13-11-26(12-14-27)31-35-36-32(37(31)7)28-10-8-9-15-34-28/h8-19H,1-7H3/p+1. The summed E-state index contributed by atoms with van der Waals surface area (Å²) in [6.07, 6.45) is 1.80. The highest BCUT2D eigenvalue weighted by Gasteiger charge is 2.29. The summed E-state index contributed by atoms with van der Waals surface area (Å²) in [6, 6.07) is 24.1. The Hall–Kier alpha value is -3.99. The maximum atomic E-state index is 4.63. The lowest BCUT2D eigenvalue weighted by molar-refractivity contribution is -0.649. The second kappa shape index (κ2) is 9.81. The number of pyridine rings is 1. The largest absolute Gasteiger partial charge is 0.308 e. The van der Waals surface area contributed by atoms with Gasteiger partial charge in [0.2, 0.25) is 6.71 Å². The molecule has 0 radical (unpaired) electrons. The van der Waals surface area contributed by atoms with E-state index in [0.29, 0.717) is 0 Å². The van der Waals surface area contributed by atoms with Gasteiger partial charge in [-0.1, -0.05) is 92.2 Å². The first-order valence-electron chi connectivity index (χ1n) is 12.9. The Kier molecular flexibility index (Phi) is 6.55. The fourth-order valence-electron chi connectivity index (χ4n) is 5.95. The summed E-state index contributed by atoms with van der Waals surface area (Å²) in [5, 5.41) is 7.80. The fourth-order valence-corrected chi connectivity index (χ4v) is 5.95. The highest BCUT2D eigenvalue weighted by atomic mass is 15.3. The molecule has 5 heteroatoms. The molecule has 0 amide bonds. The van der Waals surface area contributed by atoms with Crippen LogP contribution in [0.1, 0.15) is 33.4 Å². The van der Waals surface area contributed by atoms with Gasteiger partial charge in [-0.2, -0.15) is 0 Å². The molecule has 5 aromatic rings. The summed E-state index contributed by atoms with van der Waals surface area (Å²) >= 11 is 0. The third-order valence-corrected chi connectivity index (χ3v) is 7.38. The minimum atomic E-state index is 0.160. The molecule has 0 aliphatic carbocycles. The van der Waals surface area contributed by atoms with E-state index < -0.39 is 0 Å². The van der Waals surface area contributed by atoms with Gasteiger partial charge >= 0.3 is 5.82 Å². The number of nitrogens with one attached hydrogen (secondary N) is 1. The number of rotatable bonds is 5. The smallest absolute Gasteiger partial charge is 0.250 e. The van der Waals surface area contributed by atoms with Gasteiger partial charge in [0.05, 0.1) is 12.6 Å². The van der Waals surface area contributed by atoms with Crippen LogP contribution in [0.25, 0.3) is 22.9 Å². The van der Waals surface area contributed by atoms with Crippen molar-refractivity contribution in [3.05, 3.63) is 106 Å². The van der Waals surface area contributed by atoms with Crippen molar-refractivity contribution in [1.82, 2.24) is 15.2 Å². The Morgan fingerprint density at radius 2 is 1.24 bits per heavy atom. The maximum Gasteiger partial charge on any atom is 0.308 e. The van der Waals surface area contributed by atoms with Gasteiger partial charge in [-0.3, -0.25) is 0 Å². The topological polar surface area (TPSA) is 45.5 Å². The Labute approximate surface area is 220 Å². The van der Waals surface area contributed by atoms with E-state index in [1.807, 2.05) is 25.2 Å². The molecule has 2 heterocycles. The molecule has 5 rings (SSSR count). The van der Waals surface area contributed by atoms with Crippen LogP contribution in [-0.2, 0) is 7.05 Å². The third-order valence-electron chi connectivity index (χ3n) is 7.38. The molecule has 0 aliphatic heterocycles. The van der Waals surface area contributed by atoms with Gasteiger partial charge in [0.1, 0.15) is 5.69 Å². The molecule has 0 atom stereocenters. The molecule has 0 unspecified atom stereocenters. The van der Waals surface area contributed by atoms with Crippen LogP contribution in [0.15, 0.2) is 72.9 Å². The van der Waals surface area contributed by atoms with Gasteiger partial charge in [-0.15, -0.1) is 5.10 Å². The summed E-state index contributed by atoms with van der Waals surface area (Å²) in [6.45, 7) is 13.5. The average molecular weight is 485 g/mol. The predicted molar refractivity (Wildman–Crippen MR) is 154 cm³/mol. The monoisotopic (exact) mass is 485 g/mol. The van der Waals surface area contributed by atoms with Crippen molar-refractivity contribution in [2.45, 2.75) is 41.5 Å². The quantitative estimate of drug-likeness (QED) is 0.298. The van der Waals surface area contributed by atoms with E-state index in [9.17, 15) is 0 Å². The molecule has 37 heavy (non-hydrogen) atoms. The summed E-state index contributed by atoms with van der Waals surface area (Å²) in [7, 11) is 2.03. The van der Waals surface area contributed by atoms with Crippen LogP contribution in [0.5, 0.6) is 0 Å². The van der Waals surface area contributed by atoms with E-state index in [1.54, 1.807) is 6.20 Å². The second-order valence-corrected chi connectivity index (χ2v) is 10.3. The van der Waals surface area contributed by atoms with E-state index in [2.05, 4.69) is 110 Å². The van der Waals surface area contributed by atoms with E-state index in [1.165, 1.54) is 49.8 Å². The van der Waals surface area contributed by atoms with Crippen molar-refractivity contribution in [3.8, 4) is 22.9 Å². The molecule has 3 aromatic carbocycles. The van der Waals surface area contributed by atoms with Crippen LogP contribution in [0.2, 0.25) is 0 Å². The zero-order valence-corrected chi connectivity index (χ0v) is 22.8. The summed E-state index contributed by atoms with van der Waals surface area (Å²) in [5.74, 6) is 1.77. The minimum absolute atomic E-state index is 0.160. The molecular weight excluding hydrogens is 451 g/mol. The van der Waals surface area contributed by atoms with Gasteiger partial charge in [-0.25, -0.2) is 9.55 Å². The van der Waals surface area contributed by atoms with Crippen molar-refractivity contribution >= 4 is 23.1 Å².